The molecule has 1 N–H and O–H groups in total. The van der Waals surface area contributed by atoms with Crippen LogP contribution in [0.4, 0.5) is 0 Å². The number of alkyl halides is 1. The van der Waals surface area contributed by atoms with Gasteiger partial charge in [-0.3, -0.25) is 0 Å². The molecular formula is C7H9BrNY-. The third kappa shape index (κ3) is 2.85. The quantitative estimate of drug-likeness (QED) is 0.527. The summed E-state index contributed by atoms with van der Waals surface area (Å²) in [6.07, 6.45) is 4.02. The van der Waals surface area contributed by atoms with Gasteiger partial charge in [-0.25, -0.2) is 0 Å². The third-order valence-electron chi connectivity index (χ3n) is 1.30. The van der Waals surface area contributed by atoms with Gasteiger partial charge in [-0.1, -0.05) is 6.92 Å². The Morgan fingerprint density at radius 3 is 2.80 bits per heavy atom. The molecule has 0 fully saturated rings. The predicted octanol–water partition coefficient (Wildman–Crippen LogP) is 1.96. The number of hydrogen-bond acceptors (Lipinski definition) is 1. The molecule has 1 atom stereocenters. The summed E-state index contributed by atoms with van der Waals surface area (Å²) in [6, 6.07) is 0. The molecular weight excluding hydrogens is 267 g/mol. The summed E-state index contributed by atoms with van der Waals surface area (Å²) in [5.74, 6) is 0. The molecule has 0 saturated heterocycles. The van der Waals surface area contributed by atoms with Gasteiger partial charge in [0.25, 0.3) is 0 Å². The van der Waals surface area contributed by atoms with Crippen LogP contribution in [0.3, 0.4) is 0 Å². The summed E-state index contributed by atoms with van der Waals surface area (Å²) >= 11 is 3.47. The average Bonchev–Trinajstić information content (AvgIpc) is 1.80. The van der Waals surface area contributed by atoms with Crippen LogP contribution in [0.5, 0.6) is 0 Å². The van der Waals surface area contributed by atoms with Crippen LogP contribution < -0.4 is 5.32 Å². The van der Waals surface area contributed by atoms with Crippen LogP contribution in [0.25, 0.3) is 0 Å². The molecule has 1 unspecified atom stereocenters. The monoisotopic (exact) mass is 275 g/mol. The van der Waals surface area contributed by atoms with Crippen molar-refractivity contribution in [3.63, 3.8) is 0 Å². The largest absolute Gasteiger partial charge is 0.527 e. The topological polar surface area (TPSA) is 12.0 Å². The van der Waals surface area contributed by atoms with E-state index in [1.54, 1.807) is 0 Å². The molecule has 0 spiro atoms. The second-order valence-electron chi connectivity index (χ2n) is 2.23. The molecule has 0 aliphatic carbocycles. The molecule has 1 heterocycles. The fourth-order valence-corrected chi connectivity index (χ4v) is 1.31. The number of allylic oxidation sites excluding steroid dienone is 2. The Hall–Kier alpha value is 0.864. The second kappa shape index (κ2) is 4.68. The van der Waals surface area contributed by atoms with Crippen molar-refractivity contribution in [2.24, 2.45) is 0 Å². The van der Waals surface area contributed by atoms with E-state index in [1.165, 1.54) is 5.57 Å². The first-order valence-electron chi connectivity index (χ1n) is 2.87. The van der Waals surface area contributed by atoms with E-state index in [0.29, 0.717) is 4.83 Å². The van der Waals surface area contributed by atoms with Crippen LogP contribution in [0.1, 0.15) is 13.3 Å². The van der Waals surface area contributed by atoms with E-state index < -0.39 is 0 Å². The summed E-state index contributed by atoms with van der Waals surface area (Å²) in [7, 11) is 0. The van der Waals surface area contributed by atoms with Crippen LogP contribution in [-0.4, -0.2) is 4.83 Å². The van der Waals surface area contributed by atoms with Crippen molar-refractivity contribution in [3.05, 3.63) is 24.0 Å². The van der Waals surface area contributed by atoms with E-state index in [2.05, 4.69) is 34.0 Å². The first-order valence-corrected chi connectivity index (χ1v) is 3.79. The Morgan fingerprint density at radius 2 is 2.40 bits per heavy atom. The zero-order valence-electron chi connectivity index (χ0n) is 5.95. The molecule has 1 aliphatic heterocycles. The molecule has 0 aromatic heterocycles. The normalized spacial score (nSPS) is 24.4. The molecule has 1 nitrogen and oxygen atoms in total. The fourth-order valence-electron chi connectivity index (χ4n) is 0.708. The Kier molecular flexibility index (Phi) is 5.09. The molecule has 0 bridgehead atoms. The van der Waals surface area contributed by atoms with Gasteiger partial charge in [0.2, 0.25) is 0 Å². The van der Waals surface area contributed by atoms with Gasteiger partial charge in [-0.2, -0.15) is 12.8 Å². The Bertz CT molecular complexity index is 165. The van der Waals surface area contributed by atoms with Gasteiger partial charge in [0.1, 0.15) is 0 Å². The molecule has 53 valence electrons. The summed E-state index contributed by atoms with van der Waals surface area (Å²) in [4.78, 5) is 0.388. The first-order chi connectivity index (χ1) is 4.20. The Morgan fingerprint density at radius 1 is 1.80 bits per heavy atom. The zero-order valence-corrected chi connectivity index (χ0v) is 10.4. The van der Waals surface area contributed by atoms with Crippen molar-refractivity contribution in [1.82, 2.24) is 5.32 Å². The van der Waals surface area contributed by atoms with E-state index in [0.717, 1.165) is 12.1 Å². The van der Waals surface area contributed by atoms with Crippen LogP contribution in [0, 0.1) is 6.20 Å². The minimum Gasteiger partial charge on any atom is -0.527 e. The molecule has 0 saturated carbocycles. The van der Waals surface area contributed by atoms with Gasteiger partial charge in [-0.15, -0.1) is 27.2 Å². The third-order valence-corrected chi connectivity index (χ3v) is 2.18. The number of nitrogens with one attached hydrogen (secondary N) is 1. The van der Waals surface area contributed by atoms with Crippen LogP contribution in [0.2, 0.25) is 0 Å². The molecule has 1 rings (SSSR count). The average molecular weight is 276 g/mol. The summed E-state index contributed by atoms with van der Waals surface area (Å²) in [5, 5.41) is 2.95. The van der Waals surface area contributed by atoms with Gasteiger partial charge in [-0.05, 0) is 11.2 Å². The molecule has 3 heteroatoms. The summed E-state index contributed by atoms with van der Waals surface area (Å²) in [6.45, 7) is 5.85. The number of halogens is 1. The van der Waals surface area contributed by atoms with E-state index >= 15 is 0 Å². The van der Waals surface area contributed by atoms with Crippen molar-refractivity contribution in [3.8, 4) is 0 Å². The van der Waals surface area contributed by atoms with Crippen LogP contribution >= 0.6 is 15.9 Å². The van der Waals surface area contributed by atoms with E-state index in [1.807, 2.05) is 6.92 Å². The van der Waals surface area contributed by atoms with Crippen LogP contribution in [0.15, 0.2) is 17.8 Å². The molecule has 0 aromatic carbocycles. The number of hydrogen-bond donors (Lipinski definition) is 1. The maximum atomic E-state index is 3.80. The van der Waals surface area contributed by atoms with Crippen molar-refractivity contribution < 1.29 is 32.7 Å². The van der Waals surface area contributed by atoms with Gasteiger partial charge in [0.05, 0.1) is 0 Å². The maximum Gasteiger partial charge on any atom is 0 e. The summed E-state index contributed by atoms with van der Waals surface area (Å²) < 4.78 is 0. The molecule has 0 amide bonds. The fraction of sp³-hybridized carbons (Fsp3) is 0.429. The molecule has 1 aliphatic rings. The van der Waals surface area contributed by atoms with E-state index in [-0.39, 0.29) is 32.7 Å². The van der Waals surface area contributed by atoms with Crippen molar-refractivity contribution in [2.45, 2.75) is 18.2 Å². The summed E-state index contributed by atoms with van der Waals surface area (Å²) in [5.41, 5.74) is 2.24. The predicted molar refractivity (Wildman–Crippen MR) is 42.0 cm³/mol. The van der Waals surface area contributed by atoms with Crippen LogP contribution in [-0.2, 0) is 32.7 Å². The van der Waals surface area contributed by atoms with Crippen molar-refractivity contribution in [1.29, 1.82) is 0 Å². The molecule has 1 radical (unpaired) electrons. The molecule has 10 heavy (non-hydrogen) atoms. The Balaban J connectivity index is 0.000000810. The van der Waals surface area contributed by atoms with Gasteiger partial charge in [0, 0.05) is 32.7 Å². The van der Waals surface area contributed by atoms with Gasteiger partial charge in [0.15, 0.2) is 0 Å². The number of rotatable bonds is 0. The van der Waals surface area contributed by atoms with Crippen molar-refractivity contribution in [2.75, 3.05) is 0 Å². The van der Waals surface area contributed by atoms with E-state index in [9.17, 15) is 0 Å². The second-order valence-corrected chi connectivity index (χ2v) is 3.33. The zero-order chi connectivity index (χ0) is 6.85. The smallest absolute Gasteiger partial charge is 0 e. The standard InChI is InChI=1S/C7H9BrN.Y/c1-5-3-7(8)6(2)9-4-5;/h7,9H,2-3H2,1H3;/q-1;. The minimum atomic E-state index is 0. The maximum absolute atomic E-state index is 3.80. The Labute approximate surface area is 95.3 Å². The first kappa shape index (κ1) is 10.9. The van der Waals surface area contributed by atoms with Gasteiger partial charge >= 0.3 is 0 Å². The van der Waals surface area contributed by atoms with Crippen molar-refractivity contribution >= 4 is 15.9 Å². The van der Waals surface area contributed by atoms with Gasteiger partial charge < -0.3 is 5.32 Å². The van der Waals surface area contributed by atoms with E-state index in [4.69, 9.17) is 0 Å². The SMILES string of the molecule is C=C1N[C-]=C(C)CC1Br.[Y]. The minimum absolute atomic E-state index is 0. The molecule has 0 aromatic rings.